The molecule has 32 heavy (non-hydrogen) atoms. The average Bonchev–Trinajstić information content (AvgIpc) is 3.62. The number of halogens is 1. The molecule has 4 rings (SSSR count). The van der Waals surface area contributed by atoms with Gasteiger partial charge in [0.25, 0.3) is 0 Å². The summed E-state index contributed by atoms with van der Waals surface area (Å²) in [6.07, 6.45) is 3.09. The molecular formula is C22H28FN3O6. The fraction of sp³-hybridized carbons (Fsp3) is 0.545. The van der Waals surface area contributed by atoms with Gasteiger partial charge in [-0.05, 0) is 18.9 Å². The first kappa shape index (κ1) is 22.5. The summed E-state index contributed by atoms with van der Waals surface area (Å²) < 4.78 is 28.0. The van der Waals surface area contributed by atoms with Crippen LogP contribution in [0.2, 0.25) is 0 Å². The largest absolute Gasteiger partial charge is 0.492 e. The predicted octanol–water partition coefficient (Wildman–Crippen LogP) is 1.31. The van der Waals surface area contributed by atoms with Crippen molar-refractivity contribution in [3.05, 3.63) is 33.9 Å². The van der Waals surface area contributed by atoms with Gasteiger partial charge in [0.15, 0.2) is 11.6 Å². The Kier molecular flexibility index (Phi) is 6.63. The summed E-state index contributed by atoms with van der Waals surface area (Å²) in [4.78, 5) is 28.5. The second kappa shape index (κ2) is 9.43. The number of hydrogen-bond donors (Lipinski definition) is 2. The molecule has 1 aliphatic heterocycles. The van der Waals surface area contributed by atoms with Gasteiger partial charge in [-0.15, -0.1) is 0 Å². The first-order chi connectivity index (χ1) is 15.5. The molecule has 2 fully saturated rings. The molecule has 9 nitrogen and oxygen atoms in total. The Morgan fingerprint density at radius 3 is 2.53 bits per heavy atom. The highest BCUT2D eigenvalue weighted by Gasteiger charge is 2.32. The number of rotatable bonds is 9. The quantitative estimate of drug-likeness (QED) is 0.553. The van der Waals surface area contributed by atoms with Crippen LogP contribution in [0, 0.1) is 5.82 Å². The van der Waals surface area contributed by atoms with E-state index < -0.39 is 17.2 Å². The number of aliphatic hydroxyl groups is 1. The molecule has 1 aromatic carbocycles. The predicted molar refractivity (Wildman–Crippen MR) is 117 cm³/mol. The van der Waals surface area contributed by atoms with E-state index in [2.05, 4.69) is 4.90 Å². The van der Waals surface area contributed by atoms with Crippen LogP contribution in [-0.4, -0.2) is 85.3 Å². The van der Waals surface area contributed by atoms with E-state index in [9.17, 15) is 14.7 Å². The zero-order valence-corrected chi connectivity index (χ0v) is 18.1. The van der Waals surface area contributed by atoms with Gasteiger partial charge in [-0.25, -0.2) is 9.18 Å². The molecule has 2 aliphatic rings. The van der Waals surface area contributed by atoms with Crippen LogP contribution in [0.25, 0.3) is 10.9 Å². The minimum absolute atomic E-state index is 0.00526. The number of carbonyl (C=O) groups is 1. The van der Waals surface area contributed by atoms with E-state index in [0.29, 0.717) is 50.6 Å². The second-order valence-electron chi connectivity index (χ2n) is 8.12. The molecule has 1 saturated heterocycles. The van der Waals surface area contributed by atoms with Crippen molar-refractivity contribution in [3.8, 4) is 5.75 Å². The van der Waals surface area contributed by atoms with Crippen molar-refractivity contribution in [2.24, 2.45) is 0 Å². The third kappa shape index (κ3) is 4.30. The number of fused-ring (bicyclic) bond motifs is 1. The third-order valence-corrected chi connectivity index (χ3v) is 6.05. The Morgan fingerprint density at radius 1 is 1.22 bits per heavy atom. The van der Waals surface area contributed by atoms with Crippen LogP contribution in [0.15, 0.2) is 17.1 Å². The Hall–Kier alpha value is -2.69. The molecule has 1 aliphatic carbocycles. The molecule has 2 N–H and O–H groups in total. The maximum Gasteiger partial charge on any atom is 0.341 e. The second-order valence-corrected chi connectivity index (χ2v) is 8.12. The van der Waals surface area contributed by atoms with Crippen LogP contribution in [-0.2, 0) is 4.74 Å². The van der Waals surface area contributed by atoms with Gasteiger partial charge in [0, 0.05) is 45.0 Å². The number of pyridine rings is 1. The van der Waals surface area contributed by atoms with Crippen molar-refractivity contribution < 1.29 is 28.9 Å². The number of carboxylic acids is 1. The summed E-state index contributed by atoms with van der Waals surface area (Å²) in [5, 5.41) is 18.3. The van der Waals surface area contributed by atoms with Gasteiger partial charge >= 0.3 is 5.97 Å². The molecular weight excluding hydrogens is 421 g/mol. The highest BCUT2D eigenvalue weighted by Crippen LogP contribution is 2.43. The lowest BCUT2D eigenvalue weighted by Gasteiger charge is -2.37. The van der Waals surface area contributed by atoms with Crippen molar-refractivity contribution in [2.45, 2.75) is 18.9 Å². The maximum atomic E-state index is 15.3. The number of aromatic carboxylic acids is 1. The molecule has 0 spiro atoms. The molecule has 0 atom stereocenters. The number of carboxylic acid groups (broad SMARTS) is 1. The number of benzene rings is 1. The Morgan fingerprint density at radius 2 is 1.94 bits per heavy atom. The van der Waals surface area contributed by atoms with E-state index in [1.165, 1.54) is 13.3 Å². The molecule has 1 saturated carbocycles. The van der Waals surface area contributed by atoms with Crippen LogP contribution in [0.4, 0.5) is 10.1 Å². The molecule has 0 bridgehead atoms. The highest BCUT2D eigenvalue weighted by atomic mass is 19.1. The van der Waals surface area contributed by atoms with Crippen LogP contribution in [0.5, 0.6) is 5.75 Å². The topological polar surface area (TPSA) is 104 Å². The Bertz CT molecular complexity index is 1060. The Labute approximate surface area is 184 Å². The summed E-state index contributed by atoms with van der Waals surface area (Å²) in [7, 11) is 1.44. The molecule has 0 unspecified atom stereocenters. The SMILES string of the molecule is COc1c(N2CCN(CCOCCO)CC2)c(F)cc2c(=O)c(C(=O)O)cn(C3CC3)c12. The number of aliphatic hydroxyl groups excluding tert-OH is 1. The number of nitrogens with zero attached hydrogens (tertiary/aromatic N) is 3. The summed E-state index contributed by atoms with van der Waals surface area (Å²) in [5.41, 5.74) is -0.328. The van der Waals surface area contributed by atoms with Gasteiger partial charge in [-0.2, -0.15) is 0 Å². The average molecular weight is 449 g/mol. The smallest absolute Gasteiger partial charge is 0.341 e. The minimum Gasteiger partial charge on any atom is -0.492 e. The molecule has 1 aromatic heterocycles. The Balaban J connectivity index is 1.68. The lowest BCUT2D eigenvalue weighted by Crippen LogP contribution is -2.47. The van der Waals surface area contributed by atoms with Gasteiger partial charge in [-0.1, -0.05) is 0 Å². The number of aromatic nitrogens is 1. The summed E-state index contributed by atoms with van der Waals surface area (Å²) in [6, 6.07) is 1.22. The van der Waals surface area contributed by atoms with E-state index in [1.807, 2.05) is 4.90 Å². The first-order valence-electron chi connectivity index (χ1n) is 10.8. The van der Waals surface area contributed by atoms with Crippen LogP contribution < -0.4 is 15.1 Å². The molecule has 10 heteroatoms. The normalized spacial score (nSPS) is 17.2. The van der Waals surface area contributed by atoms with E-state index in [0.717, 1.165) is 25.5 Å². The number of hydrogen-bond acceptors (Lipinski definition) is 7. The van der Waals surface area contributed by atoms with Crippen molar-refractivity contribution in [3.63, 3.8) is 0 Å². The van der Waals surface area contributed by atoms with Crippen LogP contribution in [0.1, 0.15) is 29.2 Å². The lowest BCUT2D eigenvalue weighted by atomic mass is 10.1. The monoisotopic (exact) mass is 449 g/mol. The minimum atomic E-state index is -1.33. The number of methoxy groups -OCH3 is 1. The van der Waals surface area contributed by atoms with Crippen molar-refractivity contribution >= 4 is 22.6 Å². The van der Waals surface area contributed by atoms with Gasteiger partial charge in [-0.3, -0.25) is 9.69 Å². The van der Waals surface area contributed by atoms with Gasteiger partial charge in [0.1, 0.15) is 11.3 Å². The van der Waals surface area contributed by atoms with E-state index in [-0.39, 0.29) is 29.3 Å². The van der Waals surface area contributed by atoms with E-state index in [1.54, 1.807) is 4.57 Å². The molecule has 2 aromatic rings. The molecule has 2 heterocycles. The van der Waals surface area contributed by atoms with E-state index in [4.69, 9.17) is 14.6 Å². The van der Waals surface area contributed by atoms with E-state index >= 15 is 4.39 Å². The van der Waals surface area contributed by atoms with Crippen molar-refractivity contribution in [1.82, 2.24) is 9.47 Å². The summed E-state index contributed by atoms with van der Waals surface area (Å²) in [6.45, 7) is 4.10. The standard InChI is InChI=1S/C22H28FN3O6/c1-31-21-18-15(20(28)16(22(29)30)13-26(18)14-2-3-14)12-17(23)19(21)25-6-4-24(5-7-25)8-10-32-11-9-27/h12-14,27H,2-11H2,1H3,(H,29,30). The lowest BCUT2D eigenvalue weighted by molar-refractivity contribution is 0.0694. The summed E-state index contributed by atoms with van der Waals surface area (Å²) in [5.74, 6) is -1.66. The van der Waals surface area contributed by atoms with Gasteiger partial charge in [0.2, 0.25) is 5.43 Å². The zero-order chi connectivity index (χ0) is 22.8. The molecule has 0 amide bonds. The molecule has 174 valence electrons. The number of anilines is 1. The number of ether oxygens (including phenoxy) is 2. The van der Waals surface area contributed by atoms with Crippen molar-refractivity contribution in [1.29, 1.82) is 0 Å². The van der Waals surface area contributed by atoms with Gasteiger partial charge in [0.05, 0.1) is 37.8 Å². The fourth-order valence-corrected chi connectivity index (χ4v) is 4.28. The van der Waals surface area contributed by atoms with Crippen LogP contribution in [0.3, 0.4) is 0 Å². The maximum absolute atomic E-state index is 15.3. The summed E-state index contributed by atoms with van der Waals surface area (Å²) >= 11 is 0. The highest BCUT2D eigenvalue weighted by molar-refractivity contribution is 5.97. The fourth-order valence-electron chi connectivity index (χ4n) is 4.28. The third-order valence-electron chi connectivity index (χ3n) is 6.05. The van der Waals surface area contributed by atoms with Crippen LogP contribution >= 0.6 is 0 Å². The zero-order valence-electron chi connectivity index (χ0n) is 18.1. The first-order valence-corrected chi connectivity index (χ1v) is 10.8. The van der Waals surface area contributed by atoms with Crippen molar-refractivity contribution in [2.75, 3.05) is 64.6 Å². The molecule has 0 radical (unpaired) electrons. The number of piperazine rings is 1. The van der Waals surface area contributed by atoms with Gasteiger partial charge < -0.3 is 29.2 Å².